The zero-order valence-corrected chi connectivity index (χ0v) is 16.1. The molecule has 142 valence electrons. The van der Waals surface area contributed by atoms with E-state index in [2.05, 4.69) is 0 Å². The Morgan fingerprint density at radius 1 is 1.07 bits per heavy atom. The van der Waals surface area contributed by atoms with Crippen molar-refractivity contribution >= 4 is 11.9 Å². The van der Waals surface area contributed by atoms with Gasteiger partial charge >= 0.3 is 5.97 Å². The molecule has 1 aromatic heterocycles. The number of carbonyl (C=O) groups is 2. The van der Waals surface area contributed by atoms with Crippen molar-refractivity contribution in [3.05, 3.63) is 53.7 Å². The summed E-state index contributed by atoms with van der Waals surface area (Å²) in [6.45, 7) is 7.37. The molecule has 3 rings (SSSR count). The molecule has 1 fully saturated rings. The van der Waals surface area contributed by atoms with E-state index in [0.29, 0.717) is 5.92 Å². The van der Waals surface area contributed by atoms with Crippen LogP contribution in [0.25, 0.3) is 11.3 Å². The lowest BCUT2D eigenvalue weighted by Gasteiger charge is -2.35. The minimum atomic E-state index is -0.941. The van der Waals surface area contributed by atoms with Crippen molar-refractivity contribution in [1.82, 2.24) is 9.88 Å². The smallest absolute Gasteiger partial charge is 0.335 e. The molecule has 1 N–H and O–H groups in total. The highest BCUT2D eigenvalue weighted by molar-refractivity contribution is 5.89. The van der Waals surface area contributed by atoms with Gasteiger partial charge in [0.1, 0.15) is 0 Å². The van der Waals surface area contributed by atoms with Gasteiger partial charge in [-0.1, -0.05) is 39.0 Å². The quantitative estimate of drug-likeness (QED) is 0.884. The molecule has 1 aliphatic rings. The number of nitrogens with zero attached hydrogens (tertiary/aromatic N) is 2. The number of benzene rings is 1. The molecule has 2 heterocycles. The summed E-state index contributed by atoms with van der Waals surface area (Å²) in [5.74, 6) is -0.423. The summed E-state index contributed by atoms with van der Waals surface area (Å²) >= 11 is 0. The van der Waals surface area contributed by atoms with Crippen molar-refractivity contribution in [2.24, 2.45) is 5.41 Å². The van der Waals surface area contributed by atoms with Crippen molar-refractivity contribution < 1.29 is 14.7 Å². The third-order valence-electron chi connectivity index (χ3n) is 5.02. The maximum atomic E-state index is 12.5. The Kier molecular flexibility index (Phi) is 5.31. The molecule has 1 aliphatic heterocycles. The Labute approximate surface area is 160 Å². The van der Waals surface area contributed by atoms with E-state index in [-0.39, 0.29) is 16.9 Å². The Morgan fingerprint density at radius 3 is 2.37 bits per heavy atom. The average molecular weight is 366 g/mol. The van der Waals surface area contributed by atoms with Crippen LogP contribution in [0.1, 0.15) is 55.6 Å². The monoisotopic (exact) mass is 366 g/mol. The fourth-order valence-electron chi connectivity index (χ4n) is 3.50. The van der Waals surface area contributed by atoms with Gasteiger partial charge in [-0.15, -0.1) is 0 Å². The lowest BCUT2D eigenvalue weighted by molar-refractivity contribution is -0.140. The van der Waals surface area contributed by atoms with Gasteiger partial charge in [0.2, 0.25) is 5.91 Å². The number of hydrogen-bond donors (Lipinski definition) is 1. The molecule has 5 heteroatoms. The third kappa shape index (κ3) is 4.35. The van der Waals surface area contributed by atoms with E-state index >= 15 is 0 Å². The zero-order chi connectivity index (χ0) is 19.6. The predicted molar refractivity (Wildman–Crippen MR) is 105 cm³/mol. The second-order valence-corrected chi connectivity index (χ2v) is 8.15. The van der Waals surface area contributed by atoms with E-state index in [4.69, 9.17) is 4.98 Å². The van der Waals surface area contributed by atoms with Crippen LogP contribution in [0.2, 0.25) is 0 Å². The first-order chi connectivity index (χ1) is 12.8. The minimum absolute atomic E-state index is 0.202. The number of piperidine rings is 1. The number of aromatic carboxylic acids is 1. The summed E-state index contributed by atoms with van der Waals surface area (Å²) < 4.78 is 0. The maximum Gasteiger partial charge on any atom is 0.335 e. The SMILES string of the molecule is CC(C)(C)C(=O)N1CCC(c2cccc(-c3cccc(C(=O)O)c3)n2)CC1. The molecule has 0 atom stereocenters. The van der Waals surface area contributed by atoms with E-state index in [1.165, 1.54) is 0 Å². The number of carbonyl (C=O) groups excluding carboxylic acids is 1. The molecular formula is C22H26N2O3. The van der Waals surface area contributed by atoms with Crippen molar-refractivity contribution in [3.8, 4) is 11.3 Å². The number of carboxylic acid groups (broad SMARTS) is 1. The van der Waals surface area contributed by atoms with Crippen LogP contribution < -0.4 is 0 Å². The highest BCUT2D eigenvalue weighted by Crippen LogP contribution is 2.30. The van der Waals surface area contributed by atoms with Gasteiger partial charge in [0.05, 0.1) is 11.3 Å². The van der Waals surface area contributed by atoms with Crippen LogP contribution in [-0.2, 0) is 4.79 Å². The summed E-state index contributed by atoms with van der Waals surface area (Å²) in [7, 11) is 0. The summed E-state index contributed by atoms with van der Waals surface area (Å²) in [4.78, 5) is 30.4. The van der Waals surface area contributed by atoms with Crippen LogP contribution >= 0.6 is 0 Å². The number of rotatable bonds is 3. The van der Waals surface area contributed by atoms with Crippen LogP contribution in [0.15, 0.2) is 42.5 Å². The molecule has 0 bridgehead atoms. The predicted octanol–water partition coefficient (Wildman–Crippen LogP) is 4.20. The first kappa shape index (κ1) is 19.1. The van der Waals surface area contributed by atoms with Gasteiger partial charge in [0.15, 0.2) is 0 Å². The van der Waals surface area contributed by atoms with Crippen LogP contribution in [0.4, 0.5) is 0 Å². The Balaban J connectivity index is 1.75. The molecule has 2 aromatic rings. The number of amides is 1. The van der Waals surface area contributed by atoms with E-state index in [1.807, 2.05) is 49.9 Å². The molecule has 1 amide bonds. The van der Waals surface area contributed by atoms with E-state index in [1.54, 1.807) is 18.2 Å². The summed E-state index contributed by atoms with van der Waals surface area (Å²) in [6.07, 6.45) is 1.79. The Hall–Kier alpha value is -2.69. The molecule has 1 saturated heterocycles. The van der Waals surface area contributed by atoms with E-state index in [0.717, 1.165) is 42.9 Å². The lowest BCUT2D eigenvalue weighted by Crippen LogP contribution is -2.43. The molecule has 0 aliphatic carbocycles. The zero-order valence-electron chi connectivity index (χ0n) is 16.1. The van der Waals surface area contributed by atoms with Gasteiger partial charge < -0.3 is 10.0 Å². The molecule has 27 heavy (non-hydrogen) atoms. The minimum Gasteiger partial charge on any atom is -0.478 e. The summed E-state index contributed by atoms with van der Waals surface area (Å²) in [5, 5.41) is 9.19. The van der Waals surface area contributed by atoms with Gasteiger partial charge in [-0.2, -0.15) is 0 Å². The number of likely N-dealkylation sites (tertiary alicyclic amines) is 1. The number of carboxylic acids is 1. The molecule has 5 nitrogen and oxygen atoms in total. The van der Waals surface area contributed by atoms with E-state index < -0.39 is 5.97 Å². The number of pyridine rings is 1. The maximum absolute atomic E-state index is 12.5. The van der Waals surface area contributed by atoms with Crippen molar-refractivity contribution in [1.29, 1.82) is 0 Å². The topological polar surface area (TPSA) is 70.5 Å². The summed E-state index contributed by atoms with van der Waals surface area (Å²) in [6, 6.07) is 12.8. The molecule has 0 unspecified atom stereocenters. The van der Waals surface area contributed by atoms with Crippen LogP contribution in [0.5, 0.6) is 0 Å². The van der Waals surface area contributed by atoms with Gasteiger partial charge in [0.25, 0.3) is 0 Å². The van der Waals surface area contributed by atoms with Gasteiger partial charge in [-0.25, -0.2) is 4.79 Å². The molecule has 0 radical (unpaired) electrons. The van der Waals surface area contributed by atoms with Gasteiger partial charge in [-0.05, 0) is 37.1 Å². The van der Waals surface area contributed by atoms with E-state index in [9.17, 15) is 14.7 Å². The van der Waals surface area contributed by atoms with Gasteiger partial charge in [-0.3, -0.25) is 9.78 Å². The first-order valence-electron chi connectivity index (χ1n) is 9.36. The summed E-state index contributed by atoms with van der Waals surface area (Å²) in [5.41, 5.74) is 2.51. The van der Waals surface area contributed by atoms with Crippen LogP contribution in [0.3, 0.4) is 0 Å². The van der Waals surface area contributed by atoms with Crippen LogP contribution in [-0.4, -0.2) is 40.0 Å². The third-order valence-corrected chi connectivity index (χ3v) is 5.02. The Bertz CT molecular complexity index is 847. The number of aromatic nitrogens is 1. The largest absolute Gasteiger partial charge is 0.478 e. The second kappa shape index (κ2) is 7.51. The highest BCUT2D eigenvalue weighted by Gasteiger charge is 2.31. The molecule has 1 aromatic carbocycles. The lowest BCUT2D eigenvalue weighted by atomic mass is 9.89. The average Bonchev–Trinajstić information content (AvgIpc) is 2.67. The second-order valence-electron chi connectivity index (χ2n) is 8.15. The van der Waals surface area contributed by atoms with Crippen LogP contribution in [0, 0.1) is 5.41 Å². The molecule has 0 spiro atoms. The Morgan fingerprint density at radius 2 is 1.74 bits per heavy atom. The normalized spacial score (nSPS) is 15.6. The molecular weight excluding hydrogens is 340 g/mol. The molecule has 0 saturated carbocycles. The van der Waals surface area contributed by atoms with Crippen molar-refractivity contribution in [2.75, 3.05) is 13.1 Å². The van der Waals surface area contributed by atoms with Gasteiger partial charge in [0, 0.05) is 35.7 Å². The number of hydrogen-bond acceptors (Lipinski definition) is 3. The fourth-order valence-corrected chi connectivity index (χ4v) is 3.50. The van der Waals surface area contributed by atoms with Crippen molar-refractivity contribution in [2.45, 2.75) is 39.5 Å². The highest BCUT2D eigenvalue weighted by atomic mass is 16.4. The fraction of sp³-hybridized carbons (Fsp3) is 0.409. The standard InChI is InChI=1S/C22H26N2O3/c1-22(2,3)21(27)24-12-10-15(11-13-24)18-8-5-9-19(23-18)16-6-4-7-17(14-16)20(25)26/h4-9,14-15H,10-13H2,1-3H3,(H,25,26). The first-order valence-corrected chi connectivity index (χ1v) is 9.36. The van der Waals surface area contributed by atoms with Crippen molar-refractivity contribution in [3.63, 3.8) is 0 Å².